The first-order valence-corrected chi connectivity index (χ1v) is 9.07. The molecule has 0 bridgehead atoms. The van der Waals surface area contributed by atoms with E-state index in [0.717, 1.165) is 27.9 Å². The van der Waals surface area contributed by atoms with E-state index in [4.69, 9.17) is 10.00 Å². The topological polar surface area (TPSA) is 62.1 Å². The molecule has 0 fully saturated rings. The van der Waals surface area contributed by atoms with Crippen LogP contribution >= 0.6 is 0 Å². The van der Waals surface area contributed by atoms with Gasteiger partial charge in [0.1, 0.15) is 5.75 Å². The van der Waals surface area contributed by atoms with Crippen molar-refractivity contribution in [1.82, 2.24) is 0 Å². The van der Waals surface area contributed by atoms with Gasteiger partial charge < -0.3 is 10.1 Å². The van der Waals surface area contributed by atoms with E-state index in [0.29, 0.717) is 11.3 Å². The van der Waals surface area contributed by atoms with Gasteiger partial charge in [0, 0.05) is 5.69 Å². The lowest BCUT2D eigenvalue weighted by molar-refractivity contribution is -0.118. The van der Waals surface area contributed by atoms with Crippen molar-refractivity contribution in [2.75, 3.05) is 11.9 Å². The van der Waals surface area contributed by atoms with Crippen LogP contribution in [0.3, 0.4) is 0 Å². The number of hydrogen-bond acceptors (Lipinski definition) is 3. The molecule has 0 aromatic heterocycles. The summed E-state index contributed by atoms with van der Waals surface area (Å²) in [5.41, 5.74) is 6.77. The number of nitrogens with zero attached hydrogens (tertiary/aromatic N) is 1. The van der Waals surface area contributed by atoms with Crippen molar-refractivity contribution in [3.63, 3.8) is 0 Å². The standard InChI is InChI=1S/C24H22N2O2/c1-16-12-17(2)24(18(3)13-16)26-23(27)15-28-22-10-8-21(9-11-22)20-6-4-19(14-25)5-7-20/h4-13H,15H2,1-3H3,(H,26,27). The van der Waals surface area contributed by atoms with Crippen LogP contribution in [0.5, 0.6) is 5.75 Å². The van der Waals surface area contributed by atoms with Crippen molar-refractivity contribution in [3.05, 3.63) is 82.9 Å². The summed E-state index contributed by atoms with van der Waals surface area (Å²) in [4.78, 5) is 12.3. The first kappa shape index (κ1) is 19.2. The third kappa shape index (κ3) is 4.57. The molecule has 3 aromatic carbocycles. The number of nitrogens with one attached hydrogen (secondary N) is 1. The highest BCUT2D eigenvalue weighted by Crippen LogP contribution is 2.24. The van der Waals surface area contributed by atoms with E-state index in [-0.39, 0.29) is 12.5 Å². The van der Waals surface area contributed by atoms with E-state index in [1.165, 1.54) is 5.56 Å². The summed E-state index contributed by atoms with van der Waals surface area (Å²) in [6.45, 7) is 5.95. The van der Waals surface area contributed by atoms with Crippen LogP contribution in [0.4, 0.5) is 5.69 Å². The smallest absolute Gasteiger partial charge is 0.262 e. The van der Waals surface area contributed by atoms with Gasteiger partial charge in [-0.05, 0) is 67.3 Å². The zero-order chi connectivity index (χ0) is 20.1. The van der Waals surface area contributed by atoms with Crippen LogP contribution in [0.1, 0.15) is 22.3 Å². The van der Waals surface area contributed by atoms with E-state index >= 15 is 0 Å². The lowest BCUT2D eigenvalue weighted by Gasteiger charge is -2.13. The monoisotopic (exact) mass is 370 g/mol. The van der Waals surface area contributed by atoms with E-state index in [1.54, 1.807) is 12.1 Å². The molecule has 0 saturated heterocycles. The number of amides is 1. The summed E-state index contributed by atoms with van der Waals surface area (Å²) in [5.74, 6) is 0.441. The first-order valence-electron chi connectivity index (χ1n) is 9.07. The SMILES string of the molecule is Cc1cc(C)c(NC(=O)COc2ccc(-c3ccc(C#N)cc3)cc2)c(C)c1. The molecule has 1 N–H and O–H groups in total. The van der Waals surface area contributed by atoms with Gasteiger partial charge in [-0.3, -0.25) is 4.79 Å². The van der Waals surface area contributed by atoms with Crippen molar-refractivity contribution in [2.24, 2.45) is 0 Å². The lowest BCUT2D eigenvalue weighted by atomic mass is 10.0. The lowest BCUT2D eigenvalue weighted by Crippen LogP contribution is -2.21. The Labute approximate surface area is 165 Å². The summed E-state index contributed by atoms with van der Waals surface area (Å²) in [6, 6.07) is 21.1. The molecule has 1 amide bonds. The maximum Gasteiger partial charge on any atom is 0.262 e. The van der Waals surface area contributed by atoms with Crippen LogP contribution in [0.25, 0.3) is 11.1 Å². The van der Waals surface area contributed by atoms with Gasteiger partial charge >= 0.3 is 0 Å². The second kappa shape index (κ2) is 8.41. The fourth-order valence-electron chi connectivity index (χ4n) is 3.18. The Hall–Kier alpha value is -3.58. The highest BCUT2D eigenvalue weighted by molar-refractivity contribution is 5.93. The average Bonchev–Trinajstić information content (AvgIpc) is 2.69. The van der Waals surface area contributed by atoms with E-state index in [1.807, 2.05) is 69.3 Å². The van der Waals surface area contributed by atoms with Crippen molar-refractivity contribution in [2.45, 2.75) is 20.8 Å². The maximum absolute atomic E-state index is 12.3. The summed E-state index contributed by atoms with van der Waals surface area (Å²) in [5, 5.41) is 11.8. The fraction of sp³-hybridized carbons (Fsp3) is 0.167. The molecule has 4 nitrogen and oxygen atoms in total. The number of aryl methyl sites for hydroxylation is 3. The zero-order valence-electron chi connectivity index (χ0n) is 16.2. The molecule has 0 unspecified atom stereocenters. The van der Waals surface area contributed by atoms with Crippen LogP contribution in [-0.2, 0) is 4.79 Å². The number of carbonyl (C=O) groups is 1. The Morgan fingerprint density at radius 3 is 2.00 bits per heavy atom. The molecule has 4 heteroatoms. The number of anilines is 1. The molecular weight excluding hydrogens is 348 g/mol. The number of rotatable bonds is 5. The number of nitriles is 1. The maximum atomic E-state index is 12.3. The molecular formula is C24H22N2O2. The number of benzene rings is 3. The van der Waals surface area contributed by atoms with Crippen LogP contribution in [-0.4, -0.2) is 12.5 Å². The first-order chi connectivity index (χ1) is 13.5. The Morgan fingerprint density at radius 1 is 0.929 bits per heavy atom. The normalized spacial score (nSPS) is 10.2. The molecule has 0 saturated carbocycles. The van der Waals surface area contributed by atoms with Crippen LogP contribution in [0.15, 0.2) is 60.7 Å². The van der Waals surface area contributed by atoms with Gasteiger partial charge in [-0.25, -0.2) is 0 Å². The third-order valence-corrected chi connectivity index (χ3v) is 4.51. The molecule has 3 rings (SSSR count). The second-order valence-electron chi connectivity index (χ2n) is 6.82. The van der Waals surface area contributed by atoms with Gasteiger partial charge in [-0.1, -0.05) is 42.0 Å². The van der Waals surface area contributed by atoms with Gasteiger partial charge in [-0.2, -0.15) is 5.26 Å². The highest BCUT2D eigenvalue weighted by atomic mass is 16.5. The average molecular weight is 370 g/mol. The molecule has 0 spiro atoms. The molecule has 0 radical (unpaired) electrons. The third-order valence-electron chi connectivity index (χ3n) is 4.51. The number of carbonyl (C=O) groups excluding carboxylic acids is 1. The Kier molecular flexibility index (Phi) is 5.76. The number of hydrogen-bond donors (Lipinski definition) is 1. The van der Waals surface area contributed by atoms with Crippen molar-refractivity contribution in [1.29, 1.82) is 5.26 Å². The fourth-order valence-corrected chi connectivity index (χ4v) is 3.18. The van der Waals surface area contributed by atoms with E-state index in [9.17, 15) is 4.79 Å². The van der Waals surface area contributed by atoms with Crippen molar-refractivity contribution < 1.29 is 9.53 Å². The van der Waals surface area contributed by atoms with E-state index < -0.39 is 0 Å². The van der Waals surface area contributed by atoms with Gasteiger partial charge in [0.15, 0.2) is 6.61 Å². The zero-order valence-corrected chi connectivity index (χ0v) is 16.2. The van der Waals surface area contributed by atoms with E-state index in [2.05, 4.69) is 11.4 Å². The quantitative estimate of drug-likeness (QED) is 0.674. The predicted octanol–water partition coefficient (Wildman–Crippen LogP) is 5.17. The Morgan fingerprint density at radius 2 is 1.46 bits per heavy atom. The summed E-state index contributed by atoms with van der Waals surface area (Å²) in [6.07, 6.45) is 0. The Bertz CT molecular complexity index is 1010. The largest absolute Gasteiger partial charge is 0.484 e. The molecule has 28 heavy (non-hydrogen) atoms. The van der Waals surface area contributed by atoms with Crippen LogP contribution in [0.2, 0.25) is 0 Å². The molecule has 0 heterocycles. The molecule has 140 valence electrons. The Balaban J connectivity index is 1.60. The van der Waals surface area contributed by atoms with Gasteiger partial charge in [0.2, 0.25) is 0 Å². The van der Waals surface area contributed by atoms with Crippen LogP contribution in [0, 0.1) is 32.1 Å². The van der Waals surface area contributed by atoms with Crippen molar-refractivity contribution in [3.8, 4) is 22.9 Å². The summed E-state index contributed by atoms with van der Waals surface area (Å²) < 4.78 is 5.62. The highest BCUT2D eigenvalue weighted by Gasteiger charge is 2.09. The predicted molar refractivity (Wildman–Crippen MR) is 111 cm³/mol. The molecule has 0 atom stereocenters. The van der Waals surface area contributed by atoms with Gasteiger partial charge in [-0.15, -0.1) is 0 Å². The second-order valence-corrected chi connectivity index (χ2v) is 6.82. The molecule has 0 aliphatic rings. The van der Waals surface area contributed by atoms with Gasteiger partial charge in [0.25, 0.3) is 5.91 Å². The van der Waals surface area contributed by atoms with Crippen LogP contribution < -0.4 is 10.1 Å². The van der Waals surface area contributed by atoms with Gasteiger partial charge in [0.05, 0.1) is 11.6 Å². The minimum absolute atomic E-state index is 0.0526. The van der Waals surface area contributed by atoms with Crippen molar-refractivity contribution >= 4 is 11.6 Å². The molecule has 3 aromatic rings. The molecule has 0 aliphatic heterocycles. The summed E-state index contributed by atoms with van der Waals surface area (Å²) in [7, 11) is 0. The number of ether oxygens (including phenoxy) is 1. The minimum Gasteiger partial charge on any atom is -0.484 e. The molecule has 0 aliphatic carbocycles. The summed E-state index contributed by atoms with van der Waals surface area (Å²) >= 11 is 0. The minimum atomic E-state index is -0.189.